The van der Waals surface area contributed by atoms with Crippen molar-refractivity contribution in [3.05, 3.63) is 57.5 Å². The average molecular weight is 324 g/mol. The molecule has 2 N–H and O–H groups in total. The molecule has 0 saturated heterocycles. The average Bonchev–Trinajstić information content (AvgIpc) is 2.73. The van der Waals surface area contributed by atoms with Gasteiger partial charge in [0.2, 0.25) is 0 Å². The van der Waals surface area contributed by atoms with Crippen LogP contribution < -0.4 is 5.32 Å². The molecule has 0 spiro atoms. The zero-order valence-electron chi connectivity index (χ0n) is 10.4. The lowest BCUT2D eigenvalue weighted by Crippen LogP contribution is -2.12. The molecule has 0 amide bonds. The highest BCUT2D eigenvalue weighted by Crippen LogP contribution is 2.17. The zero-order valence-corrected chi connectivity index (χ0v) is 12.0. The van der Waals surface area contributed by atoms with Crippen molar-refractivity contribution in [2.75, 3.05) is 0 Å². The van der Waals surface area contributed by atoms with Crippen LogP contribution in [0.2, 0.25) is 0 Å². The Hall–Kier alpha value is -1.59. The molecule has 0 saturated carbocycles. The van der Waals surface area contributed by atoms with Crippen molar-refractivity contribution in [1.82, 2.24) is 5.32 Å². The molecule has 0 radical (unpaired) electrons. The van der Waals surface area contributed by atoms with Crippen LogP contribution in [0.1, 0.15) is 27.4 Å². The second-order valence-corrected chi connectivity index (χ2v) is 5.04. The molecular weight excluding hydrogens is 310 g/mol. The first kappa shape index (κ1) is 13.8. The van der Waals surface area contributed by atoms with Gasteiger partial charge in [0.05, 0.1) is 6.54 Å². The topological polar surface area (TPSA) is 62.5 Å². The van der Waals surface area contributed by atoms with E-state index in [0.717, 1.165) is 10.0 Å². The molecule has 1 heterocycles. The number of aryl methyl sites for hydroxylation is 1. The van der Waals surface area contributed by atoms with Crippen LogP contribution in [0.25, 0.3) is 0 Å². The predicted octanol–water partition coefficient (Wildman–Crippen LogP) is 3.34. The van der Waals surface area contributed by atoms with E-state index >= 15 is 0 Å². The first-order chi connectivity index (χ1) is 9.08. The van der Waals surface area contributed by atoms with Gasteiger partial charge in [0.15, 0.2) is 0 Å². The summed E-state index contributed by atoms with van der Waals surface area (Å²) in [6.07, 6.45) is 0. The molecule has 19 heavy (non-hydrogen) atoms. The number of carboxylic acid groups (broad SMARTS) is 1. The number of aromatic carboxylic acids is 1. The van der Waals surface area contributed by atoms with Gasteiger partial charge in [-0.2, -0.15) is 0 Å². The summed E-state index contributed by atoms with van der Waals surface area (Å²) in [4.78, 5) is 10.9. The van der Waals surface area contributed by atoms with E-state index in [-0.39, 0.29) is 5.56 Å². The third kappa shape index (κ3) is 3.45. The Morgan fingerprint density at radius 1 is 1.37 bits per heavy atom. The van der Waals surface area contributed by atoms with E-state index in [1.54, 1.807) is 13.0 Å². The number of benzene rings is 1. The molecule has 0 bridgehead atoms. The second-order valence-electron chi connectivity index (χ2n) is 4.18. The van der Waals surface area contributed by atoms with Crippen molar-refractivity contribution in [1.29, 1.82) is 0 Å². The van der Waals surface area contributed by atoms with Gasteiger partial charge in [-0.1, -0.05) is 34.1 Å². The fourth-order valence-electron chi connectivity index (χ4n) is 1.81. The number of hydrogen-bond acceptors (Lipinski definition) is 3. The molecule has 2 rings (SSSR count). The van der Waals surface area contributed by atoms with Crippen molar-refractivity contribution in [2.45, 2.75) is 20.0 Å². The second kappa shape index (κ2) is 6.04. The van der Waals surface area contributed by atoms with Gasteiger partial charge < -0.3 is 14.8 Å². The Morgan fingerprint density at radius 2 is 2.11 bits per heavy atom. The molecule has 0 unspecified atom stereocenters. The molecule has 5 heteroatoms. The summed E-state index contributed by atoms with van der Waals surface area (Å²) in [6.45, 7) is 2.83. The molecule has 0 aliphatic rings. The minimum absolute atomic E-state index is 0.220. The largest absolute Gasteiger partial charge is 0.478 e. The van der Waals surface area contributed by atoms with Gasteiger partial charge >= 0.3 is 5.97 Å². The molecule has 1 aromatic carbocycles. The summed E-state index contributed by atoms with van der Waals surface area (Å²) in [6, 6.07) is 9.50. The van der Waals surface area contributed by atoms with E-state index in [4.69, 9.17) is 9.52 Å². The minimum atomic E-state index is -0.960. The zero-order chi connectivity index (χ0) is 13.8. The van der Waals surface area contributed by atoms with Gasteiger partial charge in [0.25, 0.3) is 0 Å². The first-order valence-corrected chi connectivity index (χ1v) is 6.64. The summed E-state index contributed by atoms with van der Waals surface area (Å²) in [7, 11) is 0. The normalized spacial score (nSPS) is 10.6. The third-order valence-corrected chi connectivity index (χ3v) is 3.55. The number of nitrogens with one attached hydrogen (secondary N) is 1. The van der Waals surface area contributed by atoms with Crippen LogP contribution in [0.15, 0.2) is 39.2 Å². The number of carboxylic acids is 1. The number of rotatable bonds is 5. The van der Waals surface area contributed by atoms with Crippen molar-refractivity contribution in [3.63, 3.8) is 0 Å². The minimum Gasteiger partial charge on any atom is -0.478 e. The molecule has 0 aliphatic heterocycles. The number of furan rings is 1. The lowest BCUT2D eigenvalue weighted by molar-refractivity contribution is 0.0695. The standard InChI is InChI=1S/C14H14BrNO3/c1-9-12(14(17)18)6-11(19-9)8-16-7-10-4-2-3-5-13(10)15/h2-6,16H,7-8H2,1H3,(H,17,18). The van der Waals surface area contributed by atoms with E-state index in [1.165, 1.54) is 0 Å². The van der Waals surface area contributed by atoms with Crippen LogP contribution >= 0.6 is 15.9 Å². The van der Waals surface area contributed by atoms with Gasteiger partial charge in [-0.05, 0) is 24.6 Å². The Morgan fingerprint density at radius 3 is 2.74 bits per heavy atom. The van der Waals surface area contributed by atoms with Crippen molar-refractivity contribution >= 4 is 21.9 Å². The van der Waals surface area contributed by atoms with Gasteiger partial charge in [0.1, 0.15) is 17.1 Å². The molecule has 2 aromatic rings. The van der Waals surface area contributed by atoms with Crippen LogP contribution in [-0.2, 0) is 13.1 Å². The molecule has 0 fully saturated rings. The molecule has 100 valence electrons. The Bertz CT molecular complexity index is 592. The Balaban J connectivity index is 1.95. The lowest BCUT2D eigenvalue weighted by Gasteiger charge is -2.05. The van der Waals surface area contributed by atoms with Crippen LogP contribution in [0.3, 0.4) is 0 Å². The van der Waals surface area contributed by atoms with E-state index in [0.29, 0.717) is 24.6 Å². The van der Waals surface area contributed by atoms with E-state index in [2.05, 4.69) is 21.2 Å². The van der Waals surface area contributed by atoms with Crippen LogP contribution in [0.5, 0.6) is 0 Å². The lowest BCUT2D eigenvalue weighted by atomic mass is 10.2. The van der Waals surface area contributed by atoms with Crippen molar-refractivity contribution in [2.24, 2.45) is 0 Å². The van der Waals surface area contributed by atoms with Gasteiger partial charge in [-0.15, -0.1) is 0 Å². The fraction of sp³-hybridized carbons (Fsp3) is 0.214. The van der Waals surface area contributed by atoms with Crippen LogP contribution in [0.4, 0.5) is 0 Å². The Kier molecular flexibility index (Phi) is 4.39. The summed E-state index contributed by atoms with van der Waals surface area (Å²) < 4.78 is 6.43. The molecule has 0 aliphatic carbocycles. The van der Waals surface area contributed by atoms with Gasteiger partial charge in [-0.3, -0.25) is 0 Å². The molecule has 0 atom stereocenters. The predicted molar refractivity (Wildman–Crippen MR) is 75.1 cm³/mol. The highest BCUT2D eigenvalue weighted by atomic mass is 79.9. The SMILES string of the molecule is Cc1oc(CNCc2ccccc2Br)cc1C(=O)O. The van der Waals surface area contributed by atoms with Crippen LogP contribution in [0, 0.1) is 6.92 Å². The highest BCUT2D eigenvalue weighted by Gasteiger charge is 2.13. The highest BCUT2D eigenvalue weighted by molar-refractivity contribution is 9.10. The fourth-order valence-corrected chi connectivity index (χ4v) is 2.23. The summed E-state index contributed by atoms with van der Waals surface area (Å²) in [5.74, 6) is 0.102. The monoisotopic (exact) mass is 323 g/mol. The summed E-state index contributed by atoms with van der Waals surface area (Å²) >= 11 is 3.48. The Labute approximate surface area is 119 Å². The maximum absolute atomic E-state index is 10.9. The van der Waals surface area contributed by atoms with Gasteiger partial charge in [0, 0.05) is 11.0 Å². The van der Waals surface area contributed by atoms with E-state index in [9.17, 15) is 4.79 Å². The van der Waals surface area contributed by atoms with E-state index < -0.39 is 5.97 Å². The smallest absolute Gasteiger partial charge is 0.339 e. The summed E-state index contributed by atoms with van der Waals surface area (Å²) in [5, 5.41) is 12.2. The molecule has 4 nitrogen and oxygen atoms in total. The number of carbonyl (C=O) groups is 1. The third-order valence-electron chi connectivity index (χ3n) is 2.77. The maximum Gasteiger partial charge on any atom is 0.339 e. The number of halogens is 1. The van der Waals surface area contributed by atoms with Gasteiger partial charge in [-0.25, -0.2) is 4.79 Å². The van der Waals surface area contributed by atoms with Crippen molar-refractivity contribution < 1.29 is 14.3 Å². The maximum atomic E-state index is 10.9. The molecule has 1 aromatic heterocycles. The summed E-state index contributed by atoms with van der Waals surface area (Å²) in [5.41, 5.74) is 1.36. The quantitative estimate of drug-likeness (QED) is 0.885. The van der Waals surface area contributed by atoms with Crippen LogP contribution in [-0.4, -0.2) is 11.1 Å². The molecular formula is C14H14BrNO3. The van der Waals surface area contributed by atoms with Crippen molar-refractivity contribution in [3.8, 4) is 0 Å². The first-order valence-electron chi connectivity index (χ1n) is 5.84. The number of hydrogen-bond donors (Lipinski definition) is 2. The van der Waals surface area contributed by atoms with E-state index in [1.807, 2.05) is 24.3 Å².